The van der Waals surface area contributed by atoms with Crippen LogP contribution in [0, 0.1) is 5.92 Å². The highest BCUT2D eigenvalue weighted by molar-refractivity contribution is 6.30. The molecule has 2 fully saturated rings. The summed E-state index contributed by atoms with van der Waals surface area (Å²) >= 11 is 6.39. The van der Waals surface area contributed by atoms with Gasteiger partial charge in [0.2, 0.25) is 0 Å². The van der Waals surface area contributed by atoms with Crippen molar-refractivity contribution < 1.29 is 19.0 Å². The van der Waals surface area contributed by atoms with Crippen molar-refractivity contribution in [2.45, 2.75) is 61.9 Å². The third kappa shape index (κ3) is 3.18. The molecule has 2 bridgehead atoms. The van der Waals surface area contributed by atoms with Gasteiger partial charge < -0.3 is 19.0 Å². The summed E-state index contributed by atoms with van der Waals surface area (Å²) in [7, 11) is 0. The van der Waals surface area contributed by atoms with E-state index in [2.05, 4.69) is 29.2 Å². The highest BCUT2D eigenvalue weighted by Gasteiger charge is 2.74. The number of rotatable bonds is 5. The molecule has 5 nitrogen and oxygen atoms in total. The van der Waals surface area contributed by atoms with Crippen LogP contribution in [-0.4, -0.2) is 34.7 Å². The Bertz CT molecular complexity index is 1660. The molecular formula is C33H31Cl2NO4. The van der Waals surface area contributed by atoms with Crippen molar-refractivity contribution in [2.75, 3.05) is 13.1 Å². The Labute approximate surface area is 244 Å². The maximum Gasteiger partial charge on any atom is 0.169 e. The summed E-state index contributed by atoms with van der Waals surface area (Å²) in [6, 6.07) is 20.4. The summed E-state index contributed by atoms with van der Waals surface area (Å²) in [6.45, 7) is 2.58. The topological polar surface area (TPSA) is 55.1 Å². The van der Waals surface area contributed by atoms with E-state index in [1.54, 1.807) is 0 Å². The number of likely N-dealkylation sites (tertiary alicyclic amines) is 1. The molecule has 206 valence electrons. The zero-order valence-corrected chi connectivity index (χ0v) is 23.6. The number of phenols is 1. The summed E-state index contributed by atoms with van der Waals surface area (Å²) in [6.07, 6.45) is 4.83. The molecule has 1 spiro atoms. The Morgan fingerprint density at radius 2 is 1.95 bits per heavy atom. The van der Waals surface area contributed by atoms with Crippen molar-refractivity contribution in [3.63, 3.8) is 0 Å². The van der Waals surface area contributed by atoms with Crippen LogP contribution in [0.5, 0.6) is 11.5 Å². The highest BCUT2D eigenvalue weighted by atomic mass is 35.5. The molecule has 9 rings (SSSR count). The van der Waals surface area contributed by atoms with Gasteiger partial charge >= 0.3 is 0 Å². The van der Waals surface area contributed by atoms with Crippen LogP contribution in [-0.2, 0) is 29.6 Å². The molecule has 2 aliphatic heterocycles. The van der Waals surface area contributed by atoms with Crippen molar-refractivity contribution in [1.82, 2.24) is 4.90 Å². The number of hydrogen-bond donors (Lipinski definition) is 1. The number of para-hydroxylation sites is 1. The van der Waals surface area contributed by atoms with E-state index in [1.807, 2.05) is 36.4 Å². The largest absolute Gasteiger partial charge is 0.504 e. The lowest BCUT2D eigenvalue weighted by atomic mass is 9.49. The molecule has 0 unspecified atom stereocenters. The lowest BCUT2D eigenvalue weighted by molar-refractivity contribution is -0.212. The molecule has 4 atom stereocenters. The molecule has 7 heteroatoms. The maximum absolute atomic E-state index is 11.1. The summed E-state index contributed by atoms with van der Waals surface area (Å²) in [5.74, 6) is 2.51. The number of aromatic hydroxyl groups is 1. The van der Waals surface area contributed by atoms with Crippen LogP contribution in [0.25, 0.3) is 11.0 Å². The standard InChI is InChI=1S/C33H30ClNO4.ClH/c34-22-5-3-4-20(14-22)18-37-33-16-24-23-6-1-2-7-26(23)38-29(24)31-32(33)12-13-35(17-19-8-9-19)27(33)15-21-10-11-25(36)30(39-31)28(21)32;/h1-7,10-11,14,19,27,31,36H,8-9,12-13,15-18H2;1H/t27-,31+,32+,33-;/m1./s1. The smallest absolute Gasteiger partial charge is 0.169 e. The summed E-state index contributed by atoms with van der Waals surface area (Å²) in [4.78, 5) is 2.72. The average Bonchev–Trinajstić information content (AvgIpc) is 3.58. The molecule has 0 amide bonds. The fraction of sp³-hybridized carbons (Fsp3) is 0.394. The molecule has 40 heavy (non-hydrogen) atoms. The maximum atomic E-state index is 11.1. The second kappa shape index (κ2) is 8.65. The van der Waals surface area contributed by atoms with Gasteiger partial charge in [0.05, 0.1) is 12.0 Å². The van der Waals surface area contributed by atoms with E-state index in [-0.39, 0.29) is 30.3 Å². The van der Waals surface area contributed by atoms with Crippen molar-refractivity contribution in [1.29, 1.82) is 0 Å². The Balaban J connectivity index is 0.00000245. The number of hydrogen-bond acceptors (Lipinski definition) is 5. The molecule has 0 radical (unpaired) electrons. The monoisotopic (exact) mass is 575 g/mol. The quantitative estimate of drug-likeness (QED) is 0.274. The average molecular weight is 577 g/mol. The second-order valence-electron chi connectivity index (χ2n) is 12.3. The third-order valence-corrected chi connectivity index (χ3v) is 10.5. The molecule has 1 saturated carbocycles. The van der Waals surface area contributed by atoms with Crippen molar-refractivity contribution >= 4 is 35.0 Å². The number of ether oxygens (including phenoxy) is 2. The van der Waals surface area contributed by atoms with Crippen LogP contribution in [0.15, 0.2) is 65.1 Å². The van der Waals surface area contributed by atoms with Gasteiger partial charge in [0, 0.05) is 40.5 Å². The normalized spacial score (nSPS) is 29.4. The van der Waals surface area contributed by atoms with Gasteiger partial charge in [-0.3, -0.25) is 4.90 Å². The summed E-state index contributed by atoms with van der Waals surface area (Å²) < 4.78 is 20.8. The minimum absolute atomic E-state index is 0. The van der Waals surface area contributed by atoms with Gasteiger partial charge in [-0.15, -0.1) is 12.4 Å². The first-order chi connectivity index (χ1) is 19.1. The predicted molar refractivity (Wildman–Crippen MR) is 156 cm³/mol. The third-order valence-electron chi connectivity index (χ3n) is 10.3. The number of furan rings is 1. The highest BCUT2D eigenvalue weighted by Crippen LogP contribution is 2.70. The first-order valence-corrected chi connectivity index (χ1v) is 14.6. The van der Waals surface area contributed by atoms with Gasteiger partial charge in [0.15, 0.2) is 17.6 Å². The zero-order valence-electron chi connectivity index (χ0n) is 22.1. The number of halogens is 2. The van der Waals surface area contributed by atoms with E-state index in [0.29, 0.717) is 12.4 Å². The van der Waals surface area contributed by atoms with E-state index >= 15 is 0 Å². The van der Waals surface area contributed by atoms with Gasteiger partial charge in [0.25, 0.3) is 0 Å². The Morgan fingerprint density at radius 1 is 1.07 bits per heavy atom. The number of benzene rings is 3. The fourth-order valence-corrected chi connectivity index (χ4v) is 8.72. The molecule has 4 aromatic rings. The zero-order chi connectivity index (χ0) is 25.9. The summed E-state index contributed by atoms with van der Waals surface area (Å²) in [5, 5.41) is 12.9. The Hall–Kier alpha value is -2.70. The SMILES string of the molecule is Cl.Oc1ccc2c3c1O[C@H]1c4oc5ccccc5c4C[C@@]4(OCc5cccc(Cl)c5)[C@@H](C2)N(CC2CC2)CC[C@]314. The van der Waals surface area contributed by atoms with Gasteiger partial charge in [-0.25, -0.2) is 0 Å². The number of nitrogens with zero attached hydrogens (tertiary/aromatic N) is 1. The molecule has 5 aliphatic rings. The van der Waals surface area contributed by atoms with Crippen molar-refractivity contribution in [3.8, 4) is 11.5 Å². The Kier molecular flexibility index (Phi) is 5.42. The molecule has 1 saturated heterocycles. The molecule has 3 aromatic carbocycles. The first-order valence-electron chi connectivity index (χ1n) is 14.2. The second-order valence-corrected chi connectivity index (χ2v) is 12.7. The van der Waals surface area contributed by atoms with Crippen LogP contribution in [0.3, 0.4) is 0 Å². The van der Waals surface area contributed by atoms with Crippen LogP contribution in [0.2, 0.25) is 5.02 Å². The van der Waals surface area contributed by atoms with Crippen LogP contribution in [0.1, 0.15) is 53.4 Å². The van der Waals surface area contributed by atoms with E-state index in [1.165, 1.54) is 24.0 Å². The van der Waals surface area contributed by atoms with Gasteiger partial charge in [-0.2, -0.15) is 0 Å². The van der Waals surface area contributed by atoms with Crippen molar-refractivity contribution in [2.24, 2.45) is 5.92 Å². The van der Waals surface area contributed by atoms with Gasteiger partial charge in [-0.1, -0.05) is 48.0 Å². The number of piperidine rings is 1. The minimum atomic E-state index is -0.543. The predicted octanol–water partition coefficient (Wildman–Crippen LogP) is 7.14. The lowest BCUT2D eigenvalue weighted by Gasteiger charge is -2.64. The van der Waals surface area contributed by atoms with E-state index in [9.17, 15) is 5.11 Å². The van der Waals surface area contributed by atoms with E-state index < -0.39 is 11.0 Å². The molecular weight excluding hydrogens is 545 g/mol. The van der Waals surface area contributed by atoms with E-state index in [0.717, 1.165) is 71.1 Å². The summed E-state index contributed by atoms with van der Waals surface area (Å²) in [5.41, 5.74) is 4.57. The number of phenolic OH excluding ortho intramolecular Hbond substituents is 1. The molecule has 3 heterocycles. The van der Waals surface area contributed by atoms with Crippen LogP contribution in [0.4, 0.5) is 0 Å². The minimum Gasteiger partial charge on any atom is -0.504 e. The van der Waals surface area contributed by atoms with Gasteiger partial charge in [0.1, 0.15) is 16.9 Å². The molecule has 3 aliphatic carbocycles. The number of fused-ring (bicyclic) bond motifs is 4. The van der Waals surface area contributed by atoms with E-state index in [4.69, 9.17) is 25.5 Å². The van der Waals surface area contributed by atoms with Crippen molar-refractivity contribution in [3.05, 3.63) is 93.7 Å². The van der Waals surface area contributed by atoms with Crippen LogP contribution < -0.4 is 4.74 Å². The fourth-order valence-electron chi connectivity index (χ4n) is 8.50. The first kappa shape index (κ1) is 25.0. The van der Waals surface area contributed by atoms with Crippen LogP contribution >= 0.6 is 24.0 Å². The molecule has 1 N–H and O–H groups in total. The Morgan fingerprint density at radius 3 is 2.80 bits per heavy atom. The van der Waals surface area contributed by atoms with Gasteiger partial charge in [-0.05, 0) is 73.5 Å². The lowest BCUT2D eigenvalue weighted by Crippen LogP contribution is -2.75. The molecule has 1 aromatic heterocycles.